The molecule has 0 aliphatic carbocycles. The minimum absolute atomic E-state index is 0.242. The first-order valence-electron chi connectivity index (χ1n) is 8.90. The van der Waals surface area contributed by atoms with Crippen LogP contribution < -0.4 is 9.64 Å². The van der Waals surface area contributed by atoms with Gasteiger partial charge in [-0.25, -0.2) is 0 Å². The van der Waals surface area contributed by atoms with Crippen LogP contribution in [0.1, 0.15) is 25.0 Å². The molecule has 0 amide bonds. The predicted octanol–water partition coefficient (Wildman–Crippen LogP) is 4.76. The van der Waals surface area contributed by atoms with Crippen LogP contribution in [0, 0.1) is 6.92 Å². The van der Waals surface area contributed by atoms with Crippen LogP contribution in [0.25, 0.3) is 10.8 Å². The number of hydrogen-bond acceptors (Lipinski definition) is 4. The molecule has 4 nitrogen and oxygen atoms in total. The Morgan fingerprint density at radius 1 is 1.08 bits per heavy atom. The third-order valence-corrected chi connectivity index (χ3v) is 5.97. The van der Waals surface area contributed by atoms with E-state index in [1.807, 2.05) is 24.5 Å². The largest absolute Gasteiger partial charge is 0.459 e. The van der Waals surface area contributed by atoms with Crippen LogP contribution in [-0.4, -0.2) is 24.0 Å². The fourth-order valence-electron chi connectivity index (χ4n) is 4.37. The Morgan fingerprint density at radius 2 is 1.92 bits per heavy atom. The number of aromatic nitrogens is 1. The third kappa shape index (κ3) is 1.74. The molecule has 0 radical (unpaired) electrons. The monoisotopic (exact) mass is 343 g/mol. The van der Waals surface area contributed by atoms with Crippen LogP contribution in [-0.2, 0) is 5.41 Å². The Hall–Kier alpha value is -2.88. The van der Waals surface area contributed by atoms with Gasteiger partial charge in [0, 0.05) is 30.5 Å². The van der Waals surface area contributed by atoms with Crippen LogP contribution in [0.5, 0.6) is 5.75 Å². The molecule has 130 valence electrons. The number of anilines is 1. The number of aliphatic imine (C=N–C) groups is 1. The molecule has 1 unspecified atom stereocenters. The van der Waals surface area contributed by atoms with Crippen molar-refractivity contribution in [3.63, 3.8) is 0 Å². The van der Waals surface area contributed by atoms with Crippen LogP contribution in [0.4, 0.5) is 11.4 Å². The number of pyridine rings is 1. The molecule has 0 saturated heterocycles. The van der Waals surface area contributed by atoms with Crippen molar-refractivity contribution in [2.75, 3.05) is 11.9 Å². The summed E-state index contributed by atoms with van der Waals surface area (Å²) in [5, 5.41) is 2.14. The van der Waals surface area contributed by atoms with E-state index in [-0.39, 0.29) is 5.41 Å². The normalized spacial score (nSPS) is 22.4. The summed E-state index contributed by atoms with van der Waals surface area (Å²) in [5.74, 6) is 0.803. The van der Waals surface area contributed by atoms with Gasteiger partial charge in [-0.3, -0.25) is 9.98 Å². The molecular formula is C22H21N3O. The van der Waals surface area contributed by atoms with Crippen molar-refractivity contribution in [3.8, 4) is 5.75 Å². The molecule has 2 aliphatic rings. The zero-order chi connectivity index (χ0) is 18.1. The molecule has 1 aromatic heterocycles. The van der Waals surface area contributed by atoms with E-state index in [1.54, 1.807) is 6.20 Å². The van der Waals surface area contributed by atoms with Crippen molar-refractivity contribution >= 4 is 28.4 Å². The average Bonchev–Trinajstić information content (AvgIpc) is 2.80. The summed E-state index contributed by atoms with van der Waals surface area (Å²) in [6.07, 6.45) is 5.63. The predicted molar refractivity (Wildman–Crippen MR) is 106 cm³/mol. The van der Waals surface area contributed by atoms with Gasteiger partial charge in [0.2, 0.25) is 5.72 Å². The smallest absolute Gasteiger partial charge is 0.228 e. The van der Waals surface area contributed by atoms with E-state index in [0.29, 0.717) is 0 Å². The number of rotatable bonds is 0. The average molecular weight is 343 g/mol. The van der Waals surface area contributed by atoms with E-state index >= 15 is 0 Å². The van der Waals surface area contributed by atoms with Gasteiger partial charge in [-0.05, 0) is 49.9 Å². The number of benzene rings is 2. The maximum atomic E-state index is 6.69. The SMILES string of the molecule is Cc1ccc2c(c1)C(C)(C)C1(C=Nc3c(ccc4ccncc34)O1)N2C. The molecule has 0 saturated carbocycles. The summed E-state index contributed by atoms with van der Waals surface area (Å²) in [5.41, 5.74) is 3.71. The molecule has 3 aromatic rings. The number of aryl methyl sites for hydroxylation is 1. The van der Waals surface area contributed by atoms with E-state index in [4.69, 9.17) is 9.73 Å². The first-order chi connectivity index (χ1) is 12.4. The van der Waals surface area contributed by atoms with E-state index in [9.17, 15) is 0 Å². The molecule has 0 fully saturated rings. The highest BCUT2D eigenvalue weighted by molar-refractivity contribution is 5.99. The summed E-state index contributed by atoms with van der Waals surface area (Å²) in [6, 6.07) is 12.7. The molecule has 4 heteroatoms. The standard InChI is InChI=1S/C22H21N3O/c1-14-5-7-18-17(11-14)21(2,3)22(25(18)4)13-24-20-16-12-23-10-9-15(16)6-8-19(20)26-22/h5-13H,1-4H3. The zero-order valence-electron chi connectivity index (χ0n) is 15.4. The first-order valence-corrected chi connectivity index (χ1v) is 8.90. The topological polar surface area (TPSA) is 37.7 Å². The van der Waals surface area contributed by atoms with E-state index in [2.05, 4.69) is 62.0 Å². The maximum absolute atomic E-state index is 6.69. The summed E-state index contributed by atoms with van der Waals surface area (Å²) in [4.78, 5) is 11.3. The van der Waals surface area contributed by atoms with Gasteiger partial charge in [-0.1, -0.05) is 23.8 Å². The van der Waals surface area contributed by atoms with Gasteiger partial charge < -0.3 is 9.64 Å². The van der Waals surface area contributed by atoms with Crippen molar-refractivity contribution in [1.82, 2.24) is 4.98 Å². The molecule has 0 N–H and O–H groups in total. The molecule has 3 heterocycles. The Bertz CT molecular complexity index is 1090. The van der Waals surface area contributed by atoms with Crippen molar-refractivity contribution in [2.45, 2.75) is 31.9 Å². The minimum Gasteiger partial charge on any atom is -0.459 e. The zero-order valence-corrected chi connectivity index (χ0v) is 15.4. The van der Waals surface area contributed by atoms with Crippen molar-refractivity contribution < 1.29 is 4.74 Å². The fraction of sp³-hybridized carbons (Fsp3) is 0.273. The van der Waals surface area contributed by atoms with Gasteiger partial charge in [-0.2, -0.15) is 0 Å². The maximum Gasteiger partial charge on any atom is 0.228 e. The van der Waals surface area contributed by atoms with E-state index < -0.39 is 5.72 Å². The lowest BCUT2D eigenvalue weighted by molar-refractivity contribution is 0.0826. The second-order valence-corrected chi connectivity index (χ2v) is 7.77. The summed E-state index contributed by atoms with van der Waals surface area (Å²) in [6.45, 7) is 6.59. The Kier molecular flexibility index (Phi) is 2.87. The number of fused-ring (bicyclic) bond motifs is 4. The quantitative estimate of drug-likeness (QED) is 0.590. The number of ether oxygens (including phenoxy) is 1. The second kappa shape index (κ2) is 4.85. The highest BCUT2D eigenvalue weighted by Crippen LogP contribution is 2.54. The highest BCUT2D eigenvalue weighted by Gasteiger charge is 2.58. The lowest BCUT2D eigenvalue weighted by Crippen LogP contribution is -2.61. The van der Waals surface area contributed by atoms with Gasteiger partial charge in [0.25, 0.3) is 0 Å². The molecule has 1 spiro atoms. The van der Waals surface area contributed by atoms with Gasteiger partial charge in [0.1, 0.15) is 11.4 Å². The number of hydrogen-bond donors (Lipinski definition) is 0. The molecule has 2 aromatic carbocycles. The molecule has 2 aliphatic heterocycles. The van der Waals surface area contributed by atoms with Gasteiger partial charge in [0.15, 0.2) is 0 Å². The molecule has 5 rings (SSSR count). The number of likely N-dealkylation sites (N-methyl/N-ethyl adjacent to an activating group) is 1. The molecular weight excluding hydrogens is 322 g/mol. The summed E-state index contributed by atoms with van der Waals surface area (Å²) < 4.78 is 6.69. The van der Waals surface area contributed by atoms with Gasteiger partial charge in [-0.15, -0.1) is 0 Å². The van der Waals surface area contributed by atoms with E-state index in [1.165, 1.54) is 16.8 Å². The van der Waals surface area contributed by atoms with Crippen LogP contribution in [0.15, 0.2) is 53.8 Å². The molecule has 0 bridgehead atoms. The Morgan fingerprint density at radius 3 is 2.77 bits per heavy atom. The van der Waals surface area contributed by atoms with E-state index in [0.717, 1.165) is 22.2 Å². The van der Waals surface area contributed by atoms with Crippen molar-refractivity contribution in [1.29, 1.82) is 0 Å². The number of nitrogens with zero attached hydrogens (tertiary/aromatic N) is 3. The fourth-order valence-corrected chi connectivity index (χ4v) is 4.37. The molecule has 26 heavy (non-hydrogen) atoms. The van der Waals surface area contributed by atoms with Crippen LogP contribution in [0.3, 0.4) is 0 Å². The summed E-state index contributed by atoms with van der Waals surface area (Å²) >= 11 is 0. The second-order valence-electron chi connectivity index (χ2n) is 7.77. The van der Waals surface area contributed by atoms with Gasteiger partial charge in [0.05, 0.1) is 11.6 Å². The third-order valence-electron chi connectivity index (χ3n) is 5.97. The molecule has 1 atom stereocenters. The Balaban J connectivity index is 1.71. The van der Waals surface area contributed by atoms with Crippen LogP contribution >= 0.6 is 0 Å². The first kappa shape index (κ1) is 15.4. The Labute approximate surface area is 153 Å². The lowest BCUT2D eigenvalue weighted by Gasteiger charge is -2.44. The summed E-state index contributed by atoms with van der Waals surface area (Å²) in [7, 11) is 2.09. The van der Waals surface area contributed by atoms with Crippen molar-refractivity contribution in [2.24, 2.45) is 4.99 Å². The van der Waals surface area contributed by atoms with Crippen molar-refractivity contribution in [3.05, 3.63) is 59.9 Å². The van der Waals surface area contributed by atoms with Crippen LogP contribution in [0.2, 0.25) is 0 Å². The minimum atomic E-state index is -0.647. The lowest BCUT2D eigenvalue weighted by atomic mass is 9.77. The van der Waals surface area contributed by atoms with Gasteiger partial charge >= 0.3 is 0 Å². The highest BCUT2D eigenvalue weighted by atomic mass is 16.5.